The Bertz CT molecular complexity index is 1610. The molecule has 0 saturated carbocycles. The molecule has 39 heavy (non-hydrogen) atoms. The van der Waals surface area contributed by atoms with E-state index in [1.165, 1.54) is 24.3 Å². The summed E-state index contributed by atoms with van der Waals surface area (Å²) < 4.78 is 40.0. The van der Waals surface area contributed by atoms with E-state index in [1.807, 2.05) is 24.3 Å². The van der Waals surface area contributed by atoms with Crippen molar-refractivity contribution in [2.75, 3.05) is 18.1 Å². The minimum absolute atomic E-state index is 0.00807. The van der Waals surface area contributed by atoms with Crippen LogP contribution in [0, 0.1) is 0 Å². The number of aromatic nitrogens is 1. The van der Waals surface area contributed by atoms with E-state index < -0.39 is 27.9 Å². The van der Waals surface area contributed by atoms with E-state index in [-0.39, 0.29) is 24.0 Å². The highest BCUT2D eigenvalue weighted by Gasteiger charge is 2.47. The highest BCUT2D eigenvalue weighted by molar-refractivity contribution is 7.89. The second kappa shape index (κ2) is 10.2. The molecule has 3 heterocycles. The maximum Gasteiger partial charge on any atom is 0.252 e. The SMILES string of the molecule is O=C1CC(N(CC2CCCO2)S(=O)(=O)c2ccc(Cl)cc2)C(=O)N1c1ccc(-c2nc3ccccc3o2)cc1. The number of fused-ring (bicyclic) bond motifs is 1. The Morgan fingerprint density at radius 2 is 1.74 bits per heavy atom. The van der Waals surface area contributed by atoms with E-state index in [2.05, 4.69) is 4.98 Å². The first kappa shape index (κ1) is 25.7. The van der Waals surface area contributed by atoms with Crippen molar-refractivity contribution in [1.82, 2.24) is 9.29 Å². The molecule has 11 heteroatoms. The smallest absolute Gasteiger partial charge is 0.252 e. The summed E-state index contributed by atoms with van der Waals surface area (Å²) in [6.07, 6.45) is 0.836. The van der Waals surface area contributed by atoms with Gasteiger partial charge < -0.3 is 9.15 Å². The van der Waals surface area contributed by atoms with Crippen LogP contribution >= 0.6 is 11.6 Å². The van der Waals surface area contributed by atoms with E-state index in [0.717, 1.165) is 21.1 Å². The summed E-state index contributed by atoms with van der Waals surface area (Å²) in [7, 11) is -4.13. The maximum atomic E-state index is 13.7. The van der Waals surface area contributed by atoms with Crippen LogP contribution in [-0.2, 0) is 24.3 Å². The predicted octanol–water partition coefficient (Wildman–Crippen LogP) is 4.65. The molecule has 2 unspecified atom stereocenters. The highest BCUT2D eigenvalue weighted by atomic mass is 35.5. The quantitative estimate of drug-likeness (QED) is 0.300. The molecule has 0 aliphatic carbocycles. The normalized spacial score (nSPS) is 20.0. The van der Waals surface area contributed by atoms with Crippen molar-refractivity contribution in [3.05, 3.63) is 77.8 Å². The van der Waals surface area contributed by atoms with Gasteiger partial charge in [0.1, 0.15) is 11.6 Å². The van der Waals surface area contributed by atoms with Gasteiger partial charge in [-0.25, -0.2) is 18.3 Å². The number of para-hydroxylation sites is 2. The number of oxazole rings is 1. The van der Waals surface area contributed by atoms with Crippen molar-refractivity contribution in [1.29, 1.82) is 0 Å². The zero-order valence-electron chi connectivity index (χ0n) is 20.7. The largest absolute Gasteiger partial charge is 0.436 e. The summed E-state index contributed by atoms with van der Waals surface area (Å²) in [5.41, 5.74) is 2.39. The van der Waals surface area contributed by atoms with Crippen LogP contribution in [0.4, 0.5) is 5.69 Å². The predicted molar refractivity (Wildman–Crippen MR) is 145 cm³/mol. The molecule has 2 aliphatic rings. The number of ether oxygens (including phenoxy) is 1. The number of hydrogen-bond acceptors (Lipinski definition) is 7. The highest BCUT2D eigenvalue weighted by Crippen LogP contribution is 2.32. The standard InChI is InChI=1S/C28H24ClN3O6S/c29-19-9-13-22(14-10-19)39(35,36)31(17-21-4-3-15-37-21)24-16-26(33)32(28(24)34)20-11-7-18(8-12-20)27-30-23-5-1-2-6-25(23)38-27/h1-2,5-14,21,24H,3-4,15-17H2. The number of imide groups is 1. The zero-order valence-corrected chi connectivity index (χ0v) is 22.3. The maximum absolute atomic E-state index is 13.7. The summed E-state index contributed by atoms with van der Waals surface area (Å²) in [5, 5.41) is 0.388. The van der Waals surface area contributed by atoms with Crippen LogP contribution < -0.4 is 4.90 Å². The molecular weight excluding hydrogens is 542 g/mol. The van der Waals surface area contributed by atoms with Crippen LogP contribution in [0.5, 0.6) is 0 Å². The van der Waals surface area contributed by atoms with Crippen molar-refractivity contribution < 1.29 is 27.2 Å². The summed E-state index contributed by atoms with van der Waals surface area (Å²) in [6, 6.07) is 18.6. The van der Waals surface area contributed by atoms with Gasteiger partial charge >= 0.3 is 0 Å². The third-order valence-corrected chi connectivity index (χ3v) is 9.11. The molecule has 3 aromatic carbocycles. The van der Waals surface area contributed by atoms with Gasteiger partial charge in [0.15, 0.2) is 5.58 Å². The molecule has 200 valence electrons. The van der Waals surface area contributed by atoms with Gasteiger partial charge in [0.25, 0.3) is 5.91 Å². The van der Waals surface area contributed by atoms with E-state index in [0.29, 0.717) is 40.8 Å². The molecule has 9 nitrogen and oxygen atoms in total. The number of hydrogen-bond donors (Lipinski definition) is 0. The molecule has 2 atom stereocenters. The number of carbonyl (C=O) groups is 2. The van der Waals surface area contributed by atoms with Crippen molar-refractivity contribution in [2.24, 2.45) is 0 Å². The minimum Gasteiger partial charge on any atom is -0.436 e. The average molecular weight is 566 g/mol. The Morgan fingerprint density at radius 3 is 2.44 bits per heavy atom. The minimum atomic E-state index is -4.13. The van der Waals surface area contributed by atoms with Crippen LogP contribution in [-0.4, -0.2) is 54.8 Å². The number of anilines is 1. The Labute approximate surface area is 230 Å². The van der Waals surface area contributed by atoms with E-state index >= 15 is 0 Å². The molecule has 0 bridgehead atoms. The van der Waals surface area contributed by atoms with Crippen molar-refractivity contribution in [3.63, 3.8) is 0 Å². The molecule has 2 amide bonds. The molecular formula is C28H24ClN3O6S. The summed E-state index contributed by atoms with van der Waals surface area (Å²) in [6.45, 7) is 0.495. The second-order valence-corrected chi connectivity index (χ2v) is 11.8. The fourth-order valence-corrected chi connectivity index (χ4v) is 6.72. The first-order valence-corrected chi connectivity index (χ1v) is 14.3. The summed E-state index contributed by atoms with van der Waals surface area (Å²) >= 11 is 5.96. The van der Waals surface area contributed by atoms with Crippen LogP contribution in [0.2, 0.25) is 5.02 Å². The fourth-order valence-electron chi connectivity index (χ4n) is 4.98. The van der Waals surface area contributed by atoms with Gasteiger partial charge in [-0.05, 0) is 73.5 Å². The van der Waals surface area contributed by atoms with E-state index in [4.69, 9.17) is 20.8 Å². The lowest BCUT2D eigenvalue weighted by molar-refractivity contribution is -0.122. The molecule has 0 radical (unpaired) electrons. The topological polar surface area (TPSA) is 110 Å². The molecule has 6 rings (SSSR count). The number of benzene rings is 3. The van der Waals surface area contributed by atoms with Gasteiger partial charge in [-0.15, -0.1) is 0 Å². The Balaban J connectivity index is 1.29. The third kappa shape index (κ3) is 4.85. The Morgan fingerprint density at radius 1 is 1.00 bits per heavy atom. The van der Waals surface area contributed by atoms with Crippen LogP contribution in [0.3, 0.4) is 0 Å². The molecule has 2 saturated heterocycles. The average Bonchev–Trinajstić information content (AvgIpc) is 3.67. The first-order chi connectivity index (χ1) is 18.8. The lowest BCUT2D eigenvalue weighted by Crippen LogP contribution is -2.48. The molecule has 4 aromatic rings. The number of nitrogens with zero attached hydrogens (tertiary/aromatic N) is 3. The summed E-state index contributed by atoms with van der Waals surface area (Å²) in [4.78, 5) is 32.3. The van der Waals surface area contributed by atoms with Gasteiger partial charge in [0.2, 0.25) is 21.8 Å². The summed E-state index contributed by atoms with van der Waals surface area (Å²) in [5.74, 6) is -0.676. The fraction of sp³-hybridized carbons (Fsp3) is 0.250. The molecule has 0 spiro atoms. The van der Waals surface area contributed by atoms with Gasteiger partial charge in [-0.3, -0.25) is 9.59 Å². The number of carbonyl (C=O) groups excluding carboxylic acids is 2. The van der Waals surface area contributed by atoms with E-state index in [9.17, 15) is 18.0 Å². The lowest BCUT2D eigenvalue weighted by atomic mass is 10.2. The Kier molecular flexibility index (Phi) is 6.72. The zero-order chi connectivity index (χ0) is 27.1. The van der Waals surface area contributed by atoms with Gasteiger partial charge in [0, 0.05) is 23.7 Å². The second-order valence-electron chi connectivity index (χ2n) is 9.48. The van der Waals surface area contributed by atoms with Gasteiger partial charge in [0.05, 0.1) is 23.1 Å². The Hall–Kier alpha value is -3.57. The molecule has 2 fully saturated rings. The number of sulfonamides is 1. The van der Waals surface area contributed by atoms with Crippen molar-refractivity contribution in [2.45, 2.75) is 36.3 Å². The monoisotopic (exact) mass is 565 g/mol. The molecule has 1 aromatic heterocycles. The van der Waals surface area contributed by atoms with Crippen LogP contribution in [0.25, 0.3) is 22.6 Å². The van der Waals surface area contributed by atoms with Crippen LogP contribution in [0.15, 0.2) is 82.1 Å². The van der Waals surface area contributed by atoms with E-state index in [1.54, 1.807) is 24.3 Å². The molecule has 2 aliphatic heterocycles. The van der Waals surface area contributed by atoms with Gasteiger partial charge in [-0.1, -0.05) is 23.7 Å². The first-order valence-electron chi connectivity index (χ1n) is 12.5. The number of amides is 2. The van der Waals surface area contributed by atoms with Crippen molar-refractivity contribution >= 4 is 50.2 Å². The molecule has 0 N–H and O–H groups in total. The van der Waals surface area contributed by atoms with Crippen molar-refractivity contribution in [3.8, 4) is 11.5 Å². The van der Waals surface area contributed by atoms with Crippen LogP contribution in [0.1, 0.15) is 19.3 Å². The van der Waals surface area contributed by atoms with Gasteiger partial charge in [-0.2, -0.15) is 4.31 Å². The lowest BCUT2D eigenvalue weighted by Gasteiger charge is -2.29. The third-order valence-electron chi connectivity index (χ3n) is 6.96. The number of rotatable bonds is 7. The number of halogens is 1.